The number of ether oxygens (including phenoxy) is 3. The molecular formula is C32H35NO6. The van der Waals surface area contributed by atoms with E-state index in [0.717, 1.165) is 5.56 Å². The molecule has 1 amide bonds. The Bertz CT molecular complexity index is 1330. The van der Waals surface area contributed by atoms with E-state index in [1.54, 1.807) is 36.4 Å². The molecule has 0 radical (unpaired) electrons. The van der Waals surface area contributed by atoms with Gasteiger partial charge in [-0.1, -0.05) is 67.9 Å². The van der Waals surface area contributed by atoms with Crippen molar-refractivity contribution in [3.63, 3.8) is 0 Å². The third-order valence-corrected chi connectivity index (χ3v) is 6.49. The van der Waals surface area contributed by atoms with Gasteiger partial charge in [-0.3, -0.25) is 9.59 Å². The van der Waals surface area contributed by atoms with Crippen LogP contribution in [0.25, 0.3) is 5.76 Å². The van der Waals surface area contributed by atoms with Crippen LogP contribution in [0, 0.1) is 12.8 Å². The van der Waals surface area contributed by atoms with Crippen molar-refractivity contribution in [2.45, 2.75) is 33.4 Å². The van der Waals surface area contributed by atoms with Crippen LogP contribution in [0.1, 0.15) is 42.1 Å². The third kappa shape index (κ3) is 6.67. The average molecular weight is 530 g/mol. The Kier molecular flexibility index (Phi) is 9.04. The molecule has 1 aliphatic rings. The first-order chi connectivity index (χ1) is 18.8. The molecule has 4 rings (SSSR count). The van der Waals surface area contributed by atoms with Gasteiger partial charge in [0.2, 0.25) is 0 Å². The normalized spacial score (nSPS) is 16.6. The summed E-state index contributed by atoms with van der Waals surface area (Å²) in [4.78, 5) is 27.7. The fourth-order valence-corrected chi connectivity index (χ4v) is 4.40. The van der Waals surface area contributed by atoms with Crippen LogP contribution in [0.4, 0.5) is 0 Å². The summed E-state index contributed by atoms with van der Waals surface area (Å²) >= 11 is 0. The van der Waals surface area contributed by atoms with Gasteiger partial charge in [-0.25, -0.2) is 0 Å². The number of carbonyl (C=O) groups excluding carboxylic acids is 2. The van der Waals surface area contributed by atoms with E-state index in [-0.39, 0.29) is 24.5 Å². The lowest BCUT2D eigenvalue weighted by Gasteiger charge is -2.25. The Labute approximate surface area is 229 Å². The quantitative estimate of drug-likeness (QED) is 0.196. The number of aliphatic hydroxyl groups excluding tert-OH is 1. The van der Waals surface area contributed by atoms with Gasteiger partial charge >= 0.3 is 0 Å². The van der Waals surface area contributed by atoms with Crippen LogP contribution < -0.4 is 9.47 Å². The molecule has 3 aromatic carbocycles. The maximum atomic E-state index is 13.2. The molecule has 3 aromatic rings. The van der Waals surface area contributed by atoms with Crippen molar-refractivity contribution in [3.8, 4) is 11.5 Å². The van der Waals surface area contributed by atoms with Crippen LogP contribution in [0.5, 0.6) is 11.5 Å². The van der Waals surface area contributed by atoms with Gasteiger partial charge in [0.25, 0.3) is 11.7 Å². The molecule has 204 valence electrons. The second-order valence-corrected chi connectivity index (χ2v) is 10.1. The summed E-state index contributed by atoms with van der Waals surface area (Å²) in [6.45, 7) is 7.51. The van der Waals surface area contributed by atoms with E-state index in [2.05, 4.69) is 0 Å². The highest BCUT2D eigenvalue weighted by atomic mass is 16.5. The van der Waals surface area contributed by atoms with Crippen LogP contribution >= 0.6 is 0 Å². The summed E-state index contributed by atoms with van der Waals surface area (Å²) in [7, 11) is 1.54. The summed E-state index contributed by atoms with van der Waals surface area (Å²) in [6, 6.07) is 21.5. The Morgan fingerprint density at radius 1 is 0.949 bits per heavy atom. The van der Waals surface area contributed by atoms with Gasteiger partial charge in [-0.2, -0.15) is 0 Å². The number of benzene rings is 3. The van der Waals surface area contributed by atoms with Crippen LogP contribution in [0.15, 0.2) is 78.4 Å². The van der Waals surface area contributed by atoms with Crippen molar-refractivity contribution in [3.05, 3.63) is 101 Å². The minimum absolute atomic E-state index is 0.0328. The standard InChI is InChI=1S/C32H35NO6/c1-21(2)19-38-27-7-5-6-25(18-27)30(34)28-29(33(16-17-37-4)32(36)31(28)35)24-12-14-26(15-13-24)39-20-23-10-8-22(3)9-11-23/h5-15,18,21,29,34H,16-17,19-20H2,1-4H3/b30-28-. The summed E-state index contributed by atoms with van der Waals surface area (Å²) in [5, 5.41) is 11.3. The zero-order valence-electron chi connectivity index (χ0n) is 22.8. The third-order valence-electron chi connectivity index (χ3n) is 6.49. The highest BCUT2D eigenvalue weighted by Gasteiger charge is 2.45. The molecule has 0 aromatic heterocycles. The molecule has 1 atom stereocenters. The van der Waals surface area contributed by atoms with Crippen molar-refractivity contribution < 1.29 is 28.9 Å². The predicted octanol–water partition coefficient (Wildman–Crippen LogP) is 5.68. The molecule has 1 fully saturated rings. The van der Waals surface area contributed by atoms with E-state index in [0.29, 0.717) is 41.8 Å². The number of Topliss-reactive ketones (excluding diaryl/α,β-unsaturated/α-hetero) is 1. The number of likely N-dealkylation sites (tertiary alicyclic amines) is 1. The smallest absolute Gasteiger partial charge is 0.295 e. The maximum Gasteiger partial charge on any atom is 0.295 e. The van der Waals surface area contributed by atoms with E-state index < -0.39 is 17.7 Å². The topological polar surface area (TPSA) is 85.3 Å². The van der Waals surface area contributed by atoms with Gasteiger partial charge in [-0.05, 0) is 48.2 Å². The molecule has 0 saturated carbocycles. The Hall–Kier alpha value is -4.10. The molecule has 0 spiro atoms. The van der Waals surface area contributed by atoms with Crippen LogP contribution in [-0.4, -0.2) is 48.6 Å². The lowest BCUT2D eigenvalue weighted by atomic mass is 9.95. The Morgan fingerprint density at radius 3 is 2.33 bits per heavy atom. The largest absolute Gasteiger partial charge is 0.507 e. The van der Waals surface area contributed by atoms with Crippen molar-refractivity contribution in [2.24, 2.45) is 5.92 Å². The fraction of sp³-hybridized carbons (Fsp3) is 0.312. The minimum Gasteiger partial charge on any atom is -0.507 e. The molecule has 39 heavy (non-hydrogen) atoms. The van der Waals surface area contributed by atoms with E-state index in [4.69, 9.17) is 14.2 Å². The number of rotatable bonds is 11. The lowest BCUT2D eigenvalue weighted by molar-refractivity contribution is -0.140. The summed E-state index contributed by atoms with van der Waals surface area (Å²) in [5.74, 6) is -0.0892. The SMILES string of the molecule is COCCN1C(=O)C(=O)/C(=C(\O)c2cccc(OCC(C)C)c2)C1c1ccc(OCc2ccc(C)cc2)cc1. The van der Waals surface area contributed by atoms with Gasteiger partial charge in [0, 0.05) is 19.2 Å². The molecule has 1 heterocycles. The van der Waals surface area contributed by atoms with Gasteiger partial charge in [-0.15, -0.1) is 0 Å². The molecule has 7 nitrogen and oxygen atoms in total. The fourth-order valence-electron chi connectivity index (χ4n) is 4.40. The first-order valence-corrected chi connectivity index (χ1v) is 13.1. The van der Waals surface area contributed by atoms with Gasteiger partial charge in [0.05, 0.1) is 24.8 Å². The molecule has 7 heteroatoms. The van der Waals surface area contributed by atoms with E-state index in [1.165, 1.54) is 17.6 Å². The number of nitrogens with zero attached hydrogens (tertiary/aromatic N) is 1. The van der Waals surface area contributed by atoms with Gasteiger partial charge in [0.1, 0.15) is 23.9 Å². The predicted molar refractivity (Wildman–Crippen MR) is 150 cm³/mol. The number of carbonyl (C=O) groups is 2. The molecular weight excluding hydrogens is 494 g/mol. The van der Waals surface area contributed by atoms with Gasteiger partial charge < -0.3 is 24.2 Å². The molecule has 0 bridgehead atoms. The first-order valence-electron chi connectivity index (χ1n) is 13.1. The Balaban J connectivity index is 1.65. The zero-order chi connectivity index (χ0) is 27.9. The summed E-state index contributed by atoms with van der Waals surface area (Å²) < 4.78 is 16.9. The number of hydrogen-bond donors (Lipinski definition) is 1. The van der Waals surface area contributed by atoms with Crippen molar-refractivity contribution in [1.82, 2.24) is 4.90 Å². The van der Waals surface area contributed by atoms with E-state index in [9.17, 15) is 14.7 Å². The number of ketones is 1. The van der Waals surface area contributed by atoms with Crippen molar-refractivity contribution >= 4 is 17.4 Å². The minimum atomic E-state index is -0.772. The first kappa shape index (κ1) is 27.9. The van der Waals surface area contributed by atoms with Crippen molar-refractivity contribution in [1.29, 1.82) is 0 Å². The monoisotopic (exact) mass is 529 g/mol. The Morgan fingerprint density at radius 2 is 1.67 bits per heavy atom. The molecule has 1 unspecified atom stereocenters. The highest BCUT2D eigenvalue weighted by Crippen LogP contribution is 2.40. The van der Waals surface area contributed by atoms with E-state index in [1.807, 2.05) is 57.2 Å². The number of aryl methyl sites for hydroxylation is 1. The molecule has 1 saturated heterocycles. The molecule has 0 aliphatic carbocycles. The number of hydrogen-bond acceptors (Lipinski definition) is 6. The molecule has 1 aliphatic heterocycles. The van der Waals surface area contributed by atoms with E-state index >= 15 is 0 Å². The number of methoxy groups -OCH3 is 1. The number of aliphatic hydroxyl groups is 1. The average Bonchev–Trinajstić information content (AvgIpc) is 3.19. The zero-order valence-corrected chi connectivity index (χ0v) is 22.8. The summed E-state index contributed by atoms with van der Waals surface area (Å²) in [6.07, 6.45) is 0. The van der Waals surface area contributed by atoms with Gasteiger partial charge in [0.15, 0.2) is 0 Å². The summed E-state index contributed by atoms with van der Waals surface area (Å²) in [5.41, 5.74) is 3.36. The molecule has 1 N–H and O–H groups in total. The van der Waals surface area contributed by atoms with Crippen LogP contribution in [0.3, 0.4) is 0 Å². The lowest BCUT2D eigenvalue weighted by Crippen LogP contribution is -2.32. The van der Waals surface area contributed by atoms with Crippen molar-refractivity contribution in [2.75, 3.05) is 26.9 Å². The highest BCUT2D eigenvalue weighted by molar-refractivity contribution is 6.46. The second-order valence-electron chi connectivity index (χ2n) is 10.1. The maximum absolute atomic E-state index is 13.2. The second kappa shape index (κ2) is 12.6. The number of amides is 1. The van der Waals surface area contributed by atoms with Crippen LogP contribution in [-0.2, 0) is 20.9 Å². The van der Waals surface area contributed by atoms with Crippen LogP contribution in [0.2, 0.25) is 0 Å².